The Morgan fingerprint density at radius 1 is 1.43 bits per heavy atom. The van der Waals surface area contributed by atoms with Crippen molar-refractivity contribution in [2.24, 2.45) is 5.92 Å². The van der Waals surface area contributed by atoms with Crippen LogP contribution in [0.5, 0.6) is 5.75 Å². The molecule has 1 aromatic rings. The Bertz CT molecular complexity index is 448. The topological polar surface area (TPSA) is 41.6 Å². The molecule has 1 fully saturated rings. The van der Waals surface area contributed by atoms with Gasteiger partial charge in [-0.15, -0.1) is 12.4 Å². The molecular formula is C16H25ClN2O2. The van der Waals surface area contributed by atoms with E-state index in [0.717, 1.165) is 37.2 Å². The fourth-order valence-corrected chi connectivity index (χ4v) is 2.50. The third-order valence-corrected chi connectivity index (χ3v) is 3.80. The number of nitrogens with one attached hydrogen (secondary N) is 1. The van der Waals surface area contributed by atoms with Gasteiger partial charge in [0.1, 0.15) is 12.4 Å². The van der Waals surface area contributed by atoms with Crippen molar-refractivity contribution in [3.8, 4) is 5.75 Å². The monoisotopic (exact) mass is 312 g/mol. The van der Waals surface area contributed by atoms with E-state index >= 15 is 0 Å². The SMILES string of the molecule is Cc1ccccc1OCCN(C)C(=O)[C@@H]1CCCNC1.Cl. The summed E-state index contributed by atoms with van der Waals surface area (Å²) in [5.74, 6) is 1.26. The van der Waals surface area contributed by atoms with E-state index in [4.69, 9.17) is 4.74 Å². The summed E-state index contributed by atoms with van der Waals surface area (Å²) in [7, 11) is 1.86. The van der Waals surface area contributed by atoms with E-state index in [1.807, 2.05) is 38.2 Å². The first-order chi connectivity index (χ1) is 9.68. The minimum atomic E-state index is 0. The molecule has 0 radical (unpaired) electrons. The quantitative estimate of drug-likeness (QED) is 0.907. The molecule has 0 aliphatic carbocycles. The molecule has 5 heteroatoms. The molecule has 4 nitrogen and oxygen atoms in total. The lowest BCUT2D eigenvalue weighted by atomic mass is 9.98. The van der Waals surface area contributed by atoms with Gasteiger partial charge in [-0.25, -0.2) is 0 Å². The standard InChI is InChI=1S/C16H24N2O2.ClH/c1-13-6-3-4-8-15(13)20-11-10-18(2)16(19)14-7-5-9-17-12-14;/h3-4,6,8,14,17H,5,7,9-12H2,1-2H3;1H/t14-;/m1./s1. The Labute approximate surface area is 133 Å². The first kappa shape index (κ1) is 17.8. The summed E-state index contributed by atoms with van der Waals surface area (Å²) in [5, 5.41) is 3.28. The van der Waals surface area contributed by atoms with Crippen LogP contribution in [0.15, 0.2) is 24.3 Å². The van der Waals surface area contributed by atoms with Gasteiger partial charge in [-0.2, -0.15) is 0 Å². The van der Waals surface area contributed by atoms with Crippen LogP contribution in [0.3, 0.4) is 0 Å². The molecule has 1 amide bonds. The molecule has 1 saturated heterocycles. The van der Waals surface area contributed by atoms with Crippen LogP contribution >= 0.6 is 12.4 Å². The van der Waals surface area contributed by atoms with E-state index < -0.39 is 0 Å². The number of likely N-dealkylation sites (N-methyl/N-ethyl adjacent to an activating group) is 1. The first-order valence-electron chi connectivity index (χ1n) is 7.32. The van der Waals surface area contributed by atoms with Crippen molar-refractivity contribution in [1.29, 1.82) is 0 Å². The van der Waals surface area contributed by atoms with Crippen LogP contribution in [0.25, 0.3) is 0 Å². The second kappa shape index (κ2) is 8.90. The average molecular weight is 313 g/mol. The second-order valence-electron chi connectivity index (χ2n) is 5.42. The third-order valence-electron chi connectivity index (χ3n) is 3.80. The number of para-hydroxylation sites is 1. The predicted octanol–water partition coefficient (Wildman–Crippen LogP) is 2.25. The van der Waals surface area contributed by atoms with Gasteiger partial charge in [0.25, 0.3) is 0 Å². The minimum Gasteiger partial charge on any atom is -0.491 e. The molecule has 0 spiro atoms. The number of carbonyl (C=O) groups excluding carboxylic acids is 1. The van der Waals surface area contributed by atoms with Gasteiger partial charge in [-0.3, -0.25) is 4.79 Å². The van der Waals surface area contributed by atoms with E-state index in [2.05, 4.69) is 5.32 Å². The highest BCUT2D eigenvalue weighted by molar-refractivity contribution is 5.85. The average Bonchev–Trinajstić information content (AvgIpc) is 2.49. The van der Waals surface area contributed by atoms with Gasteiger partial charge < -0.3 is 15.0 Å². The molecule has 0 aromatic heterocycles. The minimum absolute atomic E-state index is 0. The lowest BCUT2D eigenvalue weighted by Crippen LogP contribution is -2.42. The van der Waals surface area contributed by atoms with Gasteiger partial charge in [-0.05, 0) is 37.9 Å². The van der Waals surface area contributed by atoms with Gasteiger partial charge in [0.2, 0.25) is 5.91 Å². The molecule has 118 valence electrons. The van der Waals surface area contributed by atoms with Gasteiger partial charge in [0.15, 0.2) is 0 Å². The summed E-state index contributed by atoms with van der Waals surface area (Å²) < 4.78 is 5.74. The molecule has 2 rings (SSSR count). The Morgan fingerprint density at radius 3 is 2.86 bits per heavy atom. The number of amides is 1. The Hall–Kier alpha value is -1.26. The van der Waals surface area contributed by atoms with Crippen molar-refractivity contribution in [2.45, 2.75) is 19.8 Å². The number of halogens is 1. The van der Waals surface area contributed by atoms with Crippen molar-refractivity contribution < 1.29 is 9.53 Å². The van der Waals surface area contributed by atoms with E-state index in [9.17, 15) is 4.79 Å². The number of carbonyl (C=O) groups is 1. The number of piperidine rings is 1. The predicted molar refractivity (Wildman–Crippen MR) is 87.2 cm³/mol. The van der Waals surface area contributed by atoms with Crippen LogP contribution in [-0.2, 0) is 4.79 Å². The van der Waals surface area contributed by atoms with E-state index in [0.29, 0.717) is 13.2 Å². The number of hydrogen-bond donors (Lipinski definition) is 1. The van der Waals surface area contributed by atoms with Crippen molar-refractivity contribution in [2.75, 3.05) is 33.3 Å². The van der Waals surface area contributed by atoms with Crippen molar-refractivity contribution in [3.63, 3.8) is 0 Å². The zero-order chi connectivity index (χ0) is 14.4. The number of rotatable bonds is 5. The second-order valence-corrected chi connectivity index (χ2v) is 5.42. The van der Waals surface area contributed by atoms with Crippen LogP contribution in [-0.4, -0.2) is 44.1 Å². The molecule has 1 atom stereocenters. The third kappa shape index (κ3) is 5.21. The largest absolute Gasteiger partial charge is 0.491 e. The molecule has 1 aromatic carbocycles. The summed E-state index contributed by atoms with van der Waals surface area (Å²) in [5.41, 5.74) is 1.12. The van der Waals surface area contributed by atoms with E-state index in [-0.39, 0.29) is 24.2 Å². The highest BCUT2D eigenvalue weighted by Crippen LogP contribution is 2.16. The van der Waals surface area contributed by atoms with Crippen molar-refractivity contribution in [1.82, 2.24) is 10.2 Å². The molecule has 21 heavy (non-hydrogen) atoms. The molecule has 1 aliphatic rings. The van der Waals surface area contributed by atoms with E-state index in [1.54, 1.807) is 4.90 Å². The Morgan fingerprint density at radius 2 is 2.19 bits per heavy atom. The van der Waals surface area contributed by atoms with Gasteiger partial charge in [0.05, 0.1) is 12.5 Å². The van der Waals surface area contributed by atoms with E-state index in [1.165, 1.54) is 0 Å². The number of nitrogens with zero attached hydrogens (tertiary/aromatic N) is 1. The summed E-state index contributed by atoms with van der Waals surface area (Å²) in [4.78, 5) is 14.0. The molecular weight excluding hydrogens is 288 g/mol. The van der Waals surface area contributed by atoms with Gasteiger partial charge in [-0.1, -0.05) is 18.2 Å². The van der Waals surface area contributed by atoms with Crippen LogP contribution in [0.4, 0.5) is 0 Å². The zero-order valence-corrected chi connectivity index (χ0v) is 13.6. The van der Waals surface area contributed by atoms with Crippen molar-refractivity contribution in [3.05, 3.63) is 29.8 Å². The fourth-order valence-electron chi connectivity index (χ4n) is 2.50. The highest BCUT2D eigenvalue weighted by Gasteiger charge is 2.23. The maximum Gasteiger partial charge on any atom is 0.226 e. The lowest BCUT2D eigenvalue weighted by Gasteiger charge is -2.27. The van der Waals surface area contributed by atoms with Crippen LogP contribution < -0.4 is 10.1 Å². The van der Waals surface area contributed by atoms with Gasteiger partial charge >= 0.3 is 0 Å². The smallest absolute Gasteiger partial charge is 0.226 e. The lowest BCUT2D eigenvalue weighted by molar-refractivity contribution is -0.135. The Balaban J connectivity index is 0.00000220. The summed E-state index contributed by atoms with van der Waals surface area (Å²) >= 11 is 0. The number of ether oxygens (including phenoxy) is 1. The van der Waals surface area contributed by atoms with Crippen LogP contribution in [0.1, 0.15) is 18.4 Å². The van der Waals surface area contributed by atoms with Crippen molar-refractivity contribution >= 4 is 18.3 Å². The highest BCUT2D eigenvalue weighted by atomic mass is 35.5. The zero-order valence-electron chi connectivity index (χ0n) is 12.8. The fraction of sp³-hybridized carbons (Fsp3) is 0.562. The normalized spacial score (nSPS) is 17.7. The first-order valence-corrected chi connectivity index (χ1v) is 7.32. The molecule has 1 N–H and O–H groups in total. The molecule has 1 heterocycles. The molecule has 0 bridgehead atoms. The summed E-state index contributed by atoms with van der Waals surface area (Å²) in [6.45, 7) is 5.03. The Kier molecular flexibility index (Phi) is 7.54. The van der Waals surface area contributed by atoms with Crippen LogP contribution in [0, 0.1) is 12.8 Å². The maximum atomic E-state index is 12.2. The number of aryl methyl sites for hydroxylation is 1. The van der Waals surface area contributed by atoms with Gasteiger partial charge in [0, 0.05) is 13.6 Å². The number of benzene rings is 1. The number of hydrogen-bond acceptors (Lipinski definition) is 3. The summed E-state index contributed by atoms with van der Waals surface area (Å²) in [6, 6.07) is 7.94. The molecule has 0 unspecified atom stereocenters. The summed E-state index contributed by atoms with van der Waals surface area (Å²) in [6.07, 6.45) is 2.08. The maximum absolute atomic E-state index is 12.2. The molecule has 0 saturated carbocycles. The molecule has 1 aliphatic heterocycles. The van der Waals surface area contributed by atoms with Crippen LogP contribution in [0.2, 0.25) is 0 Å².